The van der Waals surface area contributed by atoms with Crippen molar-refractivity contribution < 1.29 is 4.79 Å². The second-order valence-corrected chi connectivity index (χ2v) is 7.27. The van der Waals surface area contributed by atoms with Gasteiger partial charge in [0.1, 0.15) is 11.0 Å². The van der Waals surface area contributed by atoms with Crippen LogP contribution in [0.4, 0.5) is 5.69 Å². The SMILES string of the molecule is Cc1ccc(NC(=S)NC(NC(=O)c2ccc(Cl)cc2)C(Cl)Cl)cc1. The first-order chi connectivity index (χ1) is 11.8. The standard InChI is InChI=1S/C17H16Cl3N3OS/c1-10-2-8-13(9-3-10)21-17(25)23-15(14(19)20)22-16(24)11-4-6-12(18)7-5-11/h2-9,14-15H,1H3,(H,22,24)(H2,21,23,25). The molecule has 3 N–H and O–H groups in total. The molecule has 0 aliphatic rings. The molecule has 0 spiro atoms. The maximum atomic E-state index is 12.3. The first-order valence-corrected chi connectivity index (χ1v) is 9.00. The zero-order valence-electron chi connectivity index (χ0n) is 13.2. The molecule has 0 radical (unpaired) electrons. The van der Waals surface area contributed by atoms with Gasteiger partial charge in [-0.1, -0.05) is 29.3 Å². The van der Waals surface area contributed by atoms with E-state index < -0.39 is 11.0 Å². The summed E-state index contributed by atoms with van der Waals surface area (Å²) < 4.78 is 0. The zero-order chi connectivity index (χ0) is 18.4. The number of benzene rings is 2. The summed E-state index contributed by atoms with van der Waals surface area (Å²) in [6.45, 7) is 1.99. The number of aryl methyl sites for hydroxylation is 1. The lowest BCUT2D eigenvalue weighted by Crippen LogP contribution is -2.52. The lowest BCUT2D eigenvalue weighted by molar-refractivity contribution is 0.0936. The van der Waals surface area contributed by atoms with Crippen molar-refractivity contribution in [2.24, 2.45) is 0 Å². The van der Waals surface area contributed by atoms with E-state index in [1.165, 1.54) is 0 Å². The van der Waals surface area contributed by atoms with Crippen molar-refractivity contribution in [1.82, 2.24) is 10.6 Å². The molecule has 2 aromatic carbocycles. The molecular weight excluding hydrogens is 401 g/mol. The summed E-state index contributed by atoms with van der Waals surface area (Å²) in [5.74, 6) is -0.349. The van der Waals surface area contributed by atoms with Crippen LogP contribution >= 0.6 is 47.0 Å². The van der Waals surface area contributed by atoms with E-state index in [4.69, 9.17) is 47.0 Å². The molecule has 0 fully saturated rings. The van der Waals surface area contributed by atoms with Crippen LogP contribution in [-0.2, 0) is 0 Å². The number of alkyl halides is 2. The number of anilines is 1. The average molecular weight is 417 g/mol. The summed E-state index contributed by atoms with van der Waals surface area (Å²) in [7, 11) is 0. The third kappa shape index (κ3) is 6.36. The number of hydrogen-bond acceptors (Lipinski definition) is 2. The van der Waals surface area contributed by atoms with E-state index in [-0.39, 0.29) is 11.0 Å². The third-order valence-electron chi connectivity index (χ3n) is 3.24. The third-order valence-corrected chi connectivity index (χ3v) is 4.22. The van der Waals surface area contributed by atoms with Crippen LogP contribution in [0.25, 0.3) is 0 Å². The molecule has 8 heteroatoms. The highest BCUT2D eigenvalue weighted by molar-refractivity contribution is 7.80. The monoisotopic (exact) mass is 415 g/mol. The van der Waals surface area contributed by atoms with Crippen molar-refractivity contribution in [3.63, 3.8) is 0 Å². The predicted molar refractivity (Wildman–Crippen MR) is 109 cm³/mol. The minimum Gasteiger partial charge on any atom is -0.340 e. The average Bonchev–Trinajstić information content (AvgIpc) is 2.56. The number of carbonyl (C=O) groups is 1. The predicted octanol–water partition coefficient (Wildman–Crippen LogP) is 4.49. The number of halogens is 3. The molecule has 0 saturated heterocycles. The zero-order valence-corrected chi connectivity index (χ0v) is 16.3. The number of thiocarbonyl (C=S) groups is 1. The highest BCUT2D eigenvalue weighted by Crippen LogP contribution is 2.12. The van der Waals surface area contributed by atoms with E-state index in [1.807, 2.05) is 31.2 Å². The van der Waals surface area contributed by atoms with Crippen LogP contribution in [0.3, 0.4) is 0 Å². The van der Waals surface area contributed by atoms with Gasteiger partial charge in [0.2, 0.25) is 0 Å². The summed E-state index contributed by atoms with van der Waals surface area (Å²) >= 11 is 23.0. The van der Waals surface area contributed by atoms with Crippen molar-refractivity contribution in [1.29, 1.82) is 0 Å². The summed E-state index contributed by atoms with van der Waals surface area (Å²) in [5, 5.41) is 9.43. The smallest absolute Gasteiger partial charge is 0.252 e. The molecule has 0 aliphatic carbocycles. The fraction of sp³-hybridized carbons (Fsp3) is 0.176. The fourth-order valence-corrected chi connectivity index (χ4v) is 2.56. The van der Waals surface area contributed by atoms with Crippen LogP contribution in [0.15, 0.2) is 48.5 Å². The molecule has 1 atom stereocenters. The molecule has 1 unspecified atom stereocenters. The van der Waals surface area contributed by atoms with Gasteiger partial charge < -0.3 is 16.0 Å². The highest BCUT2D eigenvalue weighted by Gasteiger charge is 2.21. The molecule has 0 aromatic heterocycles. The summed E-state index contributed by atoms with van der Waals surface area (Å²) in [4.78, 5) is 11.4. The Morgan fingerprint density at radius 2 is 1.60 bits per heavy atom. The first-order valence-electron chi connectivity index (χ1n) is 7.34. The maximum Gasteiger partial charge on any atom is 0.252 e. The fourth-order valence-electron chi connectivity index (χ4n) is 1.93. The van der Waals surface area contributed by atoms with Gasteiger partial charge in [0.05, 0.1) is 0 Å². The van der Waals surface area contributed by atoms with E-state index >= 15 is 0 Å². The molecule has 1 amide bonds. The minimum atomic E-state index is -0.908. The second-order valence-electron chi connectivity index (χ2n) is 5.26. The largest absolute Gasteiger partial charge is 0.340 e. The van der Waals surface area contributed by atoms with Gasteiger partial charge in [-0.25, -0.2) is 0 Å². The van der Waals surface area contributed by atoms with E-state index in [0.717, 1.165) is 11.3 Å². The Kier molecular flexibility index (Phi) is 7.32. The van der Waals surface area contributed by atoms with Gasteiger partial charge in [0, 0.05) is 16.3 Å². The Hall–Kier alpha value is -1.53. The maximum absolute atomic E-state index is 12.3. The van der Waals surface area contributed by atoms with Crippen LogP contribution in [-0.4, -0.2) is 22.0 Å². The Balaban J connectivity index is 1.97. The lowest BCUT2D eigenvalue weighted by Gasteiger charge is -2.23. The molecule has 2 aromatic rings. The Morgan fingerprint density at radius 3 is 2.16 bits per heavy atom. The Labute approximate surface area is 166 Å². The van der Waals surface area contributed by atoms with E-state index in [0.29, 0.717) is 10.6 Å². The quantitative estimate of drug-likeness (QED) is 0.382. The van der Waals surface area contributed by atoms with Gasteiger partial charge in [-0.2, -0.15) is 0 Å². The molecule has 4 nitrogen and oxygen atoms in total. The van der Waals surface area contributed by atoms with Crippen molar-refractivity contribution in [3.05, 3.63) is 64.7 Å². The second kappa shape index (κ2) is 9.25. The summed E-state index contributed by atoms with van der Waals surface area (Å²) in [6, 6.07) is 14.2. The van der Waals surface area contributed by atoms with Crippen molar-refractivity contribution >= 4 is 63.7 Å². The van der Waals surface area contributed by atoms with Crippen LogP contribution < -0.4 is 16.0 Å². The molecule has 132 valence electrons. The van der Waals surface area contributed by atoms with Gasteiger partial charge in [-0.05, 0) is 55.5 Å². The molecule has 0 saturated carbocycles. The number of amides is 1. The topological polar surface area (TPSA) is 53.2 Å². The molecule has 0 aliphatic heterocycles. The number of hydrogen-bond donors (Lipinski definition) is 3. The highest BCUT2D eigenvalue weighted by atomic mass is 35.5. The van der Waals surface area contributed by atoms with E-state index in [1.54, 1.807) is 24.3 Å². The molecule has 0 bridgehead atoms. The van der Waals surface area contributed by atoms with Gasteiger partial charge in [-0.15, -0.1) is 23.2 Å². The first kappa shape index (κ1) is 19.8. The van der Waals surface area contributed by atoms with Crippen LogP contribution in [0.1, 0.15) is 15.9 Å². The van der Waals surface area contributed by atoms with Crippen molar-refractivity contribution in [2.45, 2.75) is 17.9 Å². The van der Waals surface area contributed by atoms with Crippen LogP contribution in [0.2, 0.25) is 5.02 Å². The lowest BCUT2D eigenvalue weighted by atomic mass is 10.2. The van der Waals surface area contributed by atoms with Gasteiger partial charge in [-0.3, -0.25) is 4.79 Å². The number of carbonyl (C=O) groups excluding carboxylic acids is 1. The summed E-state index contributed by atoms with van der Waals surface area (Å²) in [6.07, 6.45) is -0.767. The van der Waals surface area contributed by atoms with E-state index in [2.05, 4.69) is 16.0 Å². The molecular formula is C17H16Cl3N3OS. The van der Waals surface area contributed by atoms with Crippen molar-refractivity contribution in [2.75, 3.05) is 5.32 Å². The number of nitrogens with one attached hydrogen (secondary N) is 3. The number of rotatable bonds is 5. The Bertz CT molecular complexity index is 736. The minimum absolute atomic E-state index is 0.288. The van der Waals surface area contributed by atoms with Crippen molar-refractivity contribution in [3.8, 4) is 0 Å². The van der Waals surface area contributed by atoms with Crippen LogP contribution in [0.5, 0.6) is 0 Å². The molecule has 25 heavy (non-hydrogen) atoms. The summed E-state index contributed by atoms with van der Waals surface area (Å²) in [5.41, 5.74) is 2.38. The van der Waals surface area contributed by atoms with E-state index in [9.17, 15) is 4.79 Å². The van der Waals surface area contributed by atoms with Gasteiger partial charge in [0.25, 0.3) is 5.91 Å². The molecule has 0 heterocycles. The van der Waals surface area contributed by atoms with Gasteiger partial charge in [0.15, 0.2) is 5.11 Å². The Morgan fingerprint density at radius 1 is 1.00 bits per heavy atom. The normalized spacial score (nSPS) is 11.7. The van der Waals surface area contributed by atoms with Crippen LogP contribution in [0, 0.1) is 6.92 Å². The molecule has 2 rings (SSSR count). The van der Waals surface area contributed by atoms with Gasteiger partial charge >= 0.3 is 0 Å².